The molecule has 0 bridgehead atoms. The van der Waals surface area contributed by atoms with E-state index < -0.39 is 0 Å². The van der Waals surface area contributed by atoms with Crippen molar-refractivity contribution in [3.05, 3.63) is 28.7 Å². The minimum absolute atomic E-state index is 0. The van der Waals surface area contributed by atoms with E-state index in [1.165, 1.54) is 0 Å². The summed E-state index contributed by atoms with van der Waals surface area (Å²) < 4.78 is 6.63. The average molecular weight is 398 g/mol. The van der Waals surface area contributed by atoms with E-state index in [-0.39, 0.29) is 24.4 Å². The van der Waals surface area contributed by atoms with Crippen LogP contribution in [0.15, 0.2) is 28.7 Å². The lowest BCUT2D eigenvalue weighted by Gasteiger charge is -2.08. The van der Waals surface area contributed by atoms with E-state index >= 15 is 0 Å². The maximum atomic E-state index is 11.3. The number of rotatable bonds is 9. The second-order valence-electron chi connectivity index (χ2n) is 4.45. The average Bonchev–Trinajstić information content (AvgIpc) is 2.37. The van der Waals surface area contributed by atoms with Crippen LogP contribution in [-0.4, -0.2) is 36.6 Å². The fraction of sp³-hybridized carbons (Fsp3) is 0.500. The first-order valence-corrected chi connectivity index (χ1v) is 8.51. The van der Waals surface area contributed by atoms with Crippen LogP contribution in [0.25, 0.3) is 0 Å². The second-order valence-corrected chi connectivity index (χ2v) is 6.59. The number of amides is 1. The van der Waals surface area contributed by atoms with Gasteiger partial charge < -0.3 is 15.8 Å². The third-order valence-electron chi connectivity index (χ3n) is 2.37. The van der Waals surface area contributed by atoms with E-state index in [1.54, 1.807) is 11.8 Å². The first-order valence-electron chi connectivity index (χ1n) is 6.56. The van der Waals surface area contributed by atoms with Gasteiger partial charge in [-0.1, -0.05) is 22.0 Å². The van der Waals surface area contributed by atoms with Crippen molar-refractivity contribution >= 4 is 46.0 Å². The first-order chi connectivity index (χ1) is 9.58. The molecule has 1 aromatic rings. The Morgan fingerprint density at radius 3 is 2.90 bits per heavy atom. The number of carbonyl (C=O) groups is 1. The number of hydrogen-bond acceptors (Lipinski definition) is 4. The molecule has 120 valence electrons. The predicted octanol–water partition coefficient (Wildman–Crippen LogP) is 2.84. The molecule has 21 heavy (non-hydrogen) atoms. The number of halogens is 2. The van der Waals surface area contributed by atoms with Crippen LogP contribution in [0.2, 0.25) is 0 Å². The highest BCUT2D eigenvalue weighted by Gasteiger charge is 2.03. The molecule has 1 aromatic carbocycles. The minimum Gasteiger partial charge on any atom is -0.493 e. The van der Waals surface area contributed by atoms with E-state index in [1.807, 2.05) is 31.2 Å². The number of hydrogen-bond donors (Lipinski definition) is 2. The first kappa shape index (κ1) is 20.6. The Bertz CT molecular complexity index is 422. The molecule has 0 heterocycles. The molecule has 0 saturated carbocycles. The molecular weight excluding hydrogens is 376 g/mol. The van der Waals surface area contributed by atoms with Crippen LogP contribution in [-0.2, 0) is 4.79 Å². The smallest absolute Gasteiger partial charge is 0.221 e. The van der Waals surface area contributed by atoms with Crippen LogP contribution in [0.5, 0.6) is 5.75 Å². The summed E-state index contributed by atoms with van der Waals surface area (Å²) in [6.07, 6.45) is 0.386. The van der Waals surface area contributed by atoms with Crippen molar-refractivity contribution in [1.82, 2.24) is 5.32 Å². The Morgan fingerprint density at radius 1 is 1.48 bits per heavy atom. The van der Waals surface area contributed by atoms with Gasteiger partial charge in [-0.15, -0.1) is 12.4 Å². The van der Waals surface area contributed by atoms with Crippen molar-refractivity contribution in [3.63, 3.8) is 0 Å². The number of nitrogens with two attached hydrogens (primary N) is 1. The summed E-state index contributed by atoms with van der Waals surface area (Å²) in [7, 11) is 0. The van der Waals surface area contributed by atoms with E-state index in [0.717, 1.165) is 21.7 Å². The Labute approximate surface area is 145 Å². The lowest BCUT2D eigenvalue weighted by atomic mass is 10.2. The lowest BCUT2D eigenvalue weighted by molar-refractivity contribution is -0.121. The SMILES string of the molecule is CC(N)CC(=O)NCCSCCOc1cccc(Br)c1.Cl. The molecule has 0 aliphatic carbocycles. The third kappa shape index (κ3) is 10.9. The van der Waals surface area contributed by atoms with Crippen LogP contribution < -0.4 is 15.8 Å². The van der Waals surface area contributed by atoms with E-state index in [0.29, 0.717) is 19.6 Å². The Kier molecular flexibility index (Phi) is 11.9. The molecule has 0 aliphatic heterocycles. The van der Waals surface area contributed by atoms with Gasteiger partial charge in [-0.3, -0.25) is 4.79 Å². The molecule has 1 rings (SSSR count). The highest BCUT2D eigenvalue weighted by molar-refractivity contribution is 9.10. The fourth-order valence-corrected chi connectivity index (χ4v) is 2.53. The van der Waals surface area contributed by atoms with Gasteiger partial charge in [0.1, 0.15) is 5.75 Å². The monoisotopic (exact) mass is 396 g/mol. The maximum absolute atomic E-state index is 11.3. The van der Waals surface area contributed by atoms with Gasteiger partial charge in [-0.05, 0) is 25.1 Å². The molecule has 0 fully saturated rings. The Hall–Kier alpha value is -0.430. The van der Waals surface area contributed by atoms with Gasteiger partial charge in [-0.2, -0.15) is 11.8 Å². The largest absolute Gasteiger partial charge is 0.493 e. The third-order valence-corrected chi connectivity index (χ3v) is 3.81. The molecule has 1 amide bonds. The number of carbonyl (C=O) groups excluding carboxylic acids is 1. The second kappa shape index (κ2) is 12.1. The normalized spacial score (nSPS) is 11.4. The van der Waals surface area contributed by atoms with Crippen molar-refractivity contribution < 1.29 is 9.53 Å². The van der Waals surface area contributed by atoms with Gasteiger partial charge in [-0.25, -0.2) is 0 Å². The molecule has 0 aliphatic rings. The van der Waals surface area contributed by atoms with Crippen LogP contribution in [0.3, 0.4) is 0 Å². The number of nitrogens with one attached hydrogen (secondary N) is 1. The molecule has 1 unspecified atom stereocenters. The zero-order valence-corrected chi connectivity index (χ0v) is 15.2. The summed E-state index contributed by atoms with van der Waals surface area (Å²) in [4.78, 5) is 11.3. The summed E-state index contributed by atoms with van der Waals surface area (Å²) in [5.74, 6) is 2.67. The number of benzene rings is 1. The number of thioether (sulfide) groups is 1. The van der Waals surface area contributed by atoms with E-state index in [9.17, 15) is 4.79 Å². The van der Waals surface area contributed by atoms with E-state index in [2.05, 4.69) is 21.2 Å². The Morgan fingerprint density at radius 2 is 2.24 bits per heavy atom. The summed E-state index contributed by atoms with van der Waals surface area (Å²) in [6.45, 7) is 3.16. The zero-order valence-electron chi connectivity index (χ0n) is 12.0. The minimum atomic E-state index is -0.0822. The summed E-state index contributed by atoms with van der Waals surface area (Å²) >= 11 is 5.16. The fourth-order valence-electron chi connectivity index (χ4n) is 1.50. The van der Waals surface area contributed by atoms with Crippen molar-refractivity contribution in [2.45, 2.75) is 19.4 Å². The van der Waals surface area contributed by atoms with Gasteiger partial charge in [0, 0.05) is 35.0 Å². The van der Waals surface area contributed by atoms with E-state index in [4.69, 9.17) is 10.5 Å². The quantitative estimate of drug-likeness (QED) is 0.629. The van der Waals surface area contributed by atoms with Crippen molar-refractivity contribution in [2.75, 3.05) is 24.7 Å². The molecule has 0 saturated heterocycles. The molecular formula is C14H22BrClN2O2S. The zero-order chi connectivity index (χ0) is 14.8. The maximum Gasteiger partial charge on any atom is 0.221 e. The number of ether oxygens (including phenoxy) is 1. The highest BCUT2D eigenvalue weighted by atomic mass is 79.9. The van der Waals surface area contributed by atoms with Gasteiger partial charge in [0.25, 0.3) is 0 Å². The molecule has 0 spiro atoms. The topological polar surface area (TPSA) is 64.4 Å². The highest BCUT2D eigenvalue weighted by Crippen LogP contribution is 2.17. The van der Waals surface area contributed by atoms with Gasteiger partial charge in [0.15, 0.2) is 0 Å². The van der Waals surface area contributed by atoms with Gasteiger partial charge in [0.05, 0.1) is 6.61 Å². The molecule has 0 aromatic heterocycles. The summed E-state index contributed by atoms with van der Waals surface area (Å²) in [5, 5.41) is 2.84. The van der Waals surface area contributed by atoms with Crippen molar-refractivity contribution in [2.24, 2.45) is 5.73 Å². The molecule has 7 heteroatoms. The van der Waals surface area contributed by atoms with Crippen molar-refractivity contribution in [3.8, 4) is 5.75 Å². The van der Waals surface area contributed by atoms with Crippen molar-refractivity contribution in [1.29, 1.82) is 0 Å². The summed E-state index contributed by atoms with van der Waals surface area (Å²) in [5.41, 5.74) is 5.54. The predicted molar refractivity (Wildman–Crippen MR) is 95.5 cm³/mol. The van der Waals surface area contributed by atoms with Gasteiger partial charge in [0.2, 0.25) is 5.91 Å². The van der Waals surface area contributed by atoms with Crippen LogP contribution in [0.4, 0.5) is 0 Å². The van der Waals surface area contributed by atoms with Crippen LogP contribution >= 0.6 is 40.1 Å². The van der Waals surface area contributed by atoms with Crippen LogP contribution in [0, 0.1) is 0 Å². The van der Waals surface area contributed by atoms with Gasteiger partial charge >= 0.3 is 0 Å². The standard InChI is InChI=1S/C14H21BrN2O2S.ClH/c1-11(16)9-14(18)17-5-7-20-8-6-19-13-4-2-3-12(15)10-13;/h2-4,10-11H,5-9,16H2,1H3,(H,17,18);1H. The summed E-state index contributed by atoms with van der Waals surface area (Å²) in [6, 6.07) is 7.71. The molecule has 4 nitrogen and oxygen atoms in total. The molecule has 1 atom stereocenters. The lowest BCUT2D eigenvalue weighted by Crippen LogP contribution is -2.31. The molecule has 0 radical (unpaired) electrons. The van der Waals surface area contributed by atoms with Crippen LogP contribution in [0.1, 0.15) is 13.3 Å². The molecule has 3 N–H and O–H groups in total. The Balaban J connectivity index is 0.00000400.